The number of nitrogens with zero attached hydrogens (tertiary/aromatic N) is 2. The van der Waals surface area contributed by atoms with E-state index in [4.69, 9.17) is 5.26 Å². The molecule has 1 rings (SSSR count). The van der Waals surface area contributed by atoms with Crippen LogP contribution < -0.4 is 5.32 Å². The van der Waals surface area contributed by atoms with Gasteiger partial charge in [0.15, 0.2) is 0 Å². The Kier molecular flexibility index (Phi) is 3.90. The van der Waals surface area contributed by atoms with E-state index in [0.29, 0.717) is 6.54 Å². The van der Waals surface area contributed by atoms with E-state index in [9.17, 15) is 4.79 Å². The van der Waals surface area contributed by atoms with Crippen molar-refractivity contribution in [3.63, 3.8) is 0 Å². The van der Waals surface area contributed by atoms with Crippen LogP contribution in [0.2, 0.25) is 0 Å². The third kappa shape index (κ3) is 3.00. The standard InChI is InChI=1S/C10H17N3O/c1-8(5-11)6-12-10(14)9-3-4-13(2)7-9/h8-9H,3-4,6-7H2,1-2H3,(H,12,14). The lowest BCUT2D eigenvalue weighted by molar-refractivity contribution is -0.124. The maximum atomic E-state index is 11.6. The zero-order valence-corrected chi connectivity index (χ0v) is 8.79. The van der Waals surface area contributed by atoms with Gasteiger partial charge in [0.25, 0.3) is 0 Å². The average molecular weight is 195 g/mol. The van der Waals surface area contributed by atoms with Crippen molar-refractivity contribution < 1.29 is 4.79 Å². The number of amides is 1. The van der Waals surface area contributed by atoms with Crippen molar-refractivity contribution in [2.24, 2.45) is 11.8 Å². The van der Waals surface area contributed by atoms with Crippen LogP contribution in [0.5, 0.6) is 0 Å². The largest absolute Gasteiger partial charge is 0.355 e. The molecule has 1 heterocycles. The summed E-state index contributed by atoms with van der Waals surface area (Å²) in [5, 5.41) is 11.4. The van der Waals surface area contributed by atoms with Crippen LogP contribution >= 0.6 is 0 Å². The number of rotatable bonds is 3. The average Bonchev–Trinajstić information content (AvgIpc) is 2.60. The summed E-state index contributed by atoms with van der Waals surface area (Å²) in [6.45, 7) is 4.11. The molecular weight excluding hydrogens is 178 g/mol. The molecule has 0 spiro atoms. The second-order valence-corrected chi connectivity index (χ2v) is 4.02. The number of likely N-dealkylation sites (tertiary alicyclic amines) is 1. The van der Waals surface area contributed by atoms with E-state index < -0.39 is 0 Å². The lowest BCUT2D eigenvalue weighted by Crippen LogP contribution is -2.34. The van der Waals surface area contributed by atoms with Gasteiger partial charge < -0.3 is 10.2 Å². The Morgan fingerprint density at radius 2 is 2.50 bits per heavy atom. The van der Waals surface area contributed by atoms with Gasteiger partial charge in [-0.25, -0.2) is 0 Å². The van der Waals surface area contributed by atoms with Crippen molar-refractivity contribution in [1.82, 2.24) is 10.2 Å². The van der Waals surface area contributed by atoms with Crippen LogP contribution in [0.4, 0.5) is 0 Å². The Morgan fingerprint density at radius 3 is 3.00 bits per heavy atom. The van der Waals surface area contributed by atoms with E-state index >= 15 is 0 Å². The lowest BCUT2D eigenvalue weighted by atomic mass is 10.1. The Bertz CT molecular complexity index is 246. The zero-order valence-electron chi connectivity index (χ0n) is 8.79. The van der Waals surface area contributed by atoms with Crippen LogP contribution in [0.15, 0.2) is 0 Å². The fourth-order valence-corrected chi connectivity index (χ4v) is 1.59. The van der Waals surface area contributed by atoms with Gasteiger partial charge in [-0.15, -0.1) is 0 Å². The number of carbonyl (C=O) groups excluding carboxylic acids is 1. The van der Waals surface area contributed by atoms with Gasteiger partial charge in [0, 0.05) is 13.1 Å². The van der Waals surface area contributed by atoms with Crippen LogP contribution in [0.1, 0.15) is 13.3 Å². The summed E-state index contributed by atoms with van der Waals surface area (Å²) in [4.78, 5) is 13.7. The normalized spacial score (nSPS) is 24.2. The molecule has 1 aliphatic heterocycles. The molecule has 78 valence electrons. The summed E-state index contributed by atoms with van der Waals surface area (Å²) in [6.07, 6.45) is 0.934. The minimum Gasteiger partial charge on any atom is -0.355 e. The fourth-order valence-electron chi connectivity index (χ4n) is 1.59. The SMILES string of the molecule is CC(C#N)CNC(=O)C1CCN(C)C1. The summed E-state index contributed by atoms with van der Waals surface area (Å²) >= 11 is 0. The molecule has 0 aromatic carbocycles. The molecule has 1 amide bonds. The molecule has 0 aliphatic carbocycles. The van der Waals surface area contributed by atoms with Crippen molar-refractivity contribution in [3.8, 4) is 6.07 Å². The molecule has 0 aromatic heterocycles. The van der Waals surface area contributed by atoms with Crippen LogP contribution in [0.25, 0.3) is 0 Å². The van der Waals surface area contributed by atoms with Gasteiger partial charge in [-0.05, 0) is 26.9 Å². The van der Waals surface area contributed by atoms with Gasteiger partial charge in [0.2, 0.25) is 5.91 Å². The molecule has 0 bridgehead atoms. The molecule has 4 nitrogen and oxygen atoms in total. The van der Waals surface area contributed by atoms with Gasteiger partial charge in [-0.3, -0.25) is 4.79 Å². The Morgan fingerprint density at radius 1 is 1.79 bits per heavy atom. The van der Waals surface area contributed by atoms with Gasteiger partial charge in [-0.1, -0.05) is 0 Å². The second kappa shape index (κ2) is 4.97. The summed E-state index contributed by atoms with van der Waals surface area (Å²) in [7, 11) is 2.02. The van der Waals surface area contributed by atoms with E-state index in [1.807, 2.05) is 7.05 Å². The summed E-state index contributed by atoms with van der Waals surface area (Å²) in [5.41, 5.74) is 0. The fraction of sp³-hybridized carbons (Fsp3) is 0.800. The molecule has 1 N–H and O–H groups in total. The number of nitrogens with one attached hydrogen (secondary N) is 1. The van der Waals surface area contributed by atoms with Crippen molar-refractivity contribution in [2.75, 3.05) is 26.7 Å². The van der Waals surface area contributed by atoms with Crippen LogP contribution in [0, 0.1) is 23.2 Å². The van der Waals surface area contributed by atoms with Crippen molar-refractivity contribution in [1.29, 1.82) is 5.26 Å². The van der Waals surface area contributed by atoms with Crippen LogP contribution in [0.3, 0.4) is 0 Å². The van der Waals surface area contributed by atoms with Gasteiger partial charge in [0.05, 0.1) is 17.9 Å². The molecule has 4 heteroatoms. The smallest absolute Gasteiger partial charge is 0.224 e. The molecule has 1 saturated heterocycles. The van der Waals surface area contributed by atoms with Gasteiger partial charge >= 0.3 is 0 Å². The molecule has 14 heavy (non-hydrogen) atoms. The monoisotopic (exact) mass is 195 g/mol. The van der Waals surface area contributed by atoms with Crippen molar-refractivity contribution >= 4 is 5.91 Å². The van der Waals surface area contributed by atoms with Gasteiger partial charge in [0.1, 0.15) is 0 Å². The maximum absolute atomic E-state index is 11.6. The highest BCUT2D eigenvalue weighted by Gasteiger charge is 2.25. The minimum absolute atomic E-state index is 0.0939. The van der Waals surface area contributed by atoms with E-state index in [-0.39, 0.29) is 17.7 Å². The van der Waals surface area contributed by atoms with Crippen LogP contribution in [-0.4, -0.2) is 37.5 Å². The number of hydrogen-bond acceptors (Lipinski definition) is 3. The third-order valence-electron chi connectivity index (χ3n) is 2.56. The molecule has 1 aliphatic rings. The first-order chi connectivity index (χ1) is 6.63. The molecule has 2 atom stereocenters. The summed E-state index contributed by atoms with van der Waals surface area (Å²) in [6, 6.07) is 2.09. The highest BCUT2D eigenvalue weighted by molar-refractivity contribution is 5.79. The van der Waals surface area contributed by atoms with E-state index in [2.05, 4.69) is 16.3 Å². The third-order valence-corrected chi connectivity index (χ3v) is 2.56. The molecule has 0 aromatic rings. The first-order valence-electron chi connectivity index (χ1n) is 4.99. The Balaban J connectivity index is 2.26. The summed E-state index contributed by atoms with van der Waals surface area (Å²) < 4.78 is 0. The first kappa shape index (κ1) is 11.0. The van der Waals surface area contributed by atoms with E-state index in [1.165, 1.54) is 0 Å². The quantitative estimate of drug-likeness (QED) is 0.700. The highest BCUT2D eigenvalue weighted by Crippen LogP contribution is 2.13. The molecule has 0 radical (unpaired) electrons. The highest BCUT2D eigenvalue weighted by atomic mass is 16.1. The lowest BCUT2D eigenvalue weighted by Gasteiger charge is -2.11. The van der Waals surface area contributed by atoms with E-state index in [0.717, 1.165) is 19.5 Å². The minimum atomic E-state index is -0.0990. The first-order valence-corrected chi connectivity index (χ1v) is 4.99. The molecule has 1 fully saturated rings. The molecule has 2 unspecified atom stereocenters. The Hall–Kier alpha value is -1.08. The predicted molar refractivity (Wildman–Crippen MR) is 53.4 cm³/mol. The molecular formula is C10H17N3O. The second-order valence-electron chi connectivity index (χ2n) is 4.02. The predicted octanol–water partition coefficient (Wildman–Crippen LogP) is 0.214. The topological polar surface area (TPSA) is 56.1 Å². The van der Waals surface area contributed by atoms with Crippen LogP contribution in [-0.2, 0) is 4.79 Å². The number of carbonyl (C=O) groups is 1. The van der Waals surface area contributed by atoms with Gasteiger partial charge in [-0.2, -0.15) is 5.26 Å². The molecule has 0 saturated carbocycles. The van der Waals surface area contributed by atoms with Crippen molar-refractivity contribution in [3.05, 3.63) is 0 Å². The maximum Gasteiger partial charge on any atom is 0.224 e. The van der Waals surface area contributed by atoms with E-state index in [1.54, 1.807) is 6.92 Å². The number of nitriles is 1. The summed E-state index contributed by atoms with van der Waals surface area (Å²) in [5.74, 6) is 0.112. The Labute approximate surface area is 84.9 Å². The van der Waals surface area contributed by atoms with Crippen molar-refractivity contribution in [2.45, 2.75) is 13.3 Å². The number of hydrogen-bond donors (Lipinski definition) is 1. The zero-order chi connectivity index (χ0) is 10.6.